The number of H-pyrrole nitrogens is 1. The predicted octanol–water partition coefficient (Wildman–Crippen LogP) is 2.46. The van der Waals surface area contributed by atoms with Crippen molar-refractivity contribution in [3.63, 3.8) is 0 Å². The van der Waals surface area contributed by atoms with Crippen LogP contribution in [0.2, 0.25) is 0 Å². The lowest BCUT2D eigenvalue weighted by molar-refractivity contribution is 0.0759. The number of nitrogens with zero attached hydrogens (tertiary/aromatic N) is 2. The number of rotatable bonds is 4. The molecular formula is C20H23N3O4. The van der Waals surface area contributed by atoms with E-state index in [-0.39, 0.29) is 11.8 Å². The van der Waals surface area contributed by atoms with E-state index >= 15 is 0 Å². The van der Waals surface area contributed by atoms with Crippen LogP contribution in [0, 0.1) is 19.8 Å². The number of ether oxygens (including phenoxy) is 1. The molecule has 1 aliphatic heterocycles. The van der Waals surface area contributed by atoms with Gasteiger partial charge in [-0.25, -0.2) is 0 Å². The Labute approximate surface area is 156 Å². The second kappa shape index (κ2) is 6.74. The molecule has 27 heavy (non-hydrogen) atoms. The van der Waals surface area contributed by atoms with Gasteiger partial charge in [0.15, 0.2) is 0 Å². The summed E-state index contributed by atoms with van der Waals surface area (Å²) in [5.41, 5.74) is 3.15. The molecule has 0 spiro atoms. The lowest BCUT2D eigenvalue weighted by atomic mass is 10.0. The Hall–Kier alpha value is -2.80. The van der Waals surface area contributed by atoms with Gasteiger partial charge in [0.1, 0.15) is 17.2 Å². The number of fused-ring (bicyclic) bond motifs is 1. The van der Waals surface area contributed by atoms with Crippen molar-refractivity contribution in [2.45, 2.75) is 26.4 Å². The summed E-state index contributed by atoms with van der Waals surface area (Å²) in [4.78, 5) is 18.0. The van der Waals surface area contributed by atoms with Crippen LogP contribution < -0.4 is 4.74 Å². The summed E-state index contributed by atoms with van der Waals surface area (Å²) in [5, 5.41) is 15.3. The summed E-state index contributed by atoms with van der Waals surface area (Å²) in [6.07, 6.45) is -0.0153. The van der Waals surface area contributed by atoms with Gasteiger partial charge in [0.25, 0.3) is 5.91 Å². The molecule has 0 saturated carbocycles. The first-order valence-electron chi connectivity index (χ1n) is 9.02. The second-order valence-corrected chi connectivity index (χ2v) is 7.21. The number of methoxy groups -OCH3 is 1. The molecule has 2 atom stereocenters. The predicted molar refractivity (Wildman–Crippen MR) is 99.9 cm³/mol. The monoisotopic (exact) mass is 369 g/mol. The Balaban J connectivity index is 1.54. The summed E-state index contributed by atoms with van der Waals surface area (Å²) in [6, 6.07) is 7.56. The number of carbonyl (C=O) groups is 1. The molecule has 0 aliphatic carbocycles. The highest BCUT2D eigenvalue weighted by Crippen LogP contribution is 2.29. The molecule has 1 saturated heterocycles. The molecule has 142 valence electrons. The fourth-order valence-corrected chi connectivity index (χ4v) is 3.80. The van der Waals surface area contributed by atoms with E-state index in [1.165, 1.54) is 0 Å². The number of hydrogen-bond acceptors (Lipinski definition) is 5. The van der Waals surface area contributed by atoms with Crippen LogP contribution in [0.15, 0.2) is 28.8 Å². The zero-order valence-corrected chi connectivity index (χ0v) is 15.7. The number of aromatic nitrogens is 2. The third kappa shape index (κ3) is 3.19. The van der Waals surface area contributed by atoms with E-state index in [4.69, 9.17) is 9.26 Å². The Kier molecular flexibility index (Phi) is 4.39. The molecule has 0 bridgehead atoms. The minimum Gasteiger partial charge on any atom is -0.497 e. The Morgan fingerprint density at radius 3 is 2.89 bits per heavy atom. The largest absolute Gasteiger partial charge is 0.497 e. The Bertz CT molecular complexity index is 990. The fraction of sp³-hybridized carbons (Fsp3) is 0.400. The quantitative estimate of drug-likeness (QED) is 0.737. The van der Waals surface area contributed by atoms with E-state index in [1.807, 2.05) is 38.1 Å². The van der Waals surface area contributed by atoms with Crippen molar-refractivity contribution in [3.8, 4) is 5.75 Å². The zero-order valence-electron chi connectivity index (χ0n) is 15.7. The highest BCUT2D eigenvalue weighted by molar-refractivity contribution is 6.01. The zero-order chi connectivity index (χ0) is 19.1. The molecule has 1 amide bonds. The third-order valence-electron chi connectivity index (χ3n) is 5.31. The number of aliphatic hydroxyl groups excluding tert-OH is 1. The van der Waals surface area contributed by atoms with Crippen LogP contribution in [-0.2, 0) is 6.42 Å². The van der Waals surface area contributed by atoms with Crippen molar-refractivity contribution in [1.82, 2.24) is 15.0 Å². The van der Waals surface area contributed by atoms with Gasteiger partial charge in [-0.05, 0) is 37.6 Å². The number of aliphatic hydroxyl groups is 1. The average molecular weight is 369 g/mol. The molecule has 0 radical (unpaired) electrons. The Morgan fingerprint density at radius 1 is 1.37 bits per heavy atom. The standard InChI is InChI=1S/C20H23N3O4/c1-11-6-15(27-22-11)7-13-9-23(10-18(13)24)20(25)19-12(2)16-8-14(26-3)4-5-17(16)21-19/h4-6,8,13,18,21,24H,7,9-10H2,1-3H3/t13-,18-/m1/s1. The summed E-state index contributed by atoms with van der Waals surface area (Å²) >= 11 is 0. The number of amides is 1. The number of hydrogen-bond donors (Lipinski definition) is 2. The van der Waals surface area contributed by atoms with Crippen molar-refractivity contribution in [3.05, 3.63) is 47.0 Å². The van der Waals surface area contributed by atoms with Gasteiger partial charge in [-0.3, -0.25) is 4.79 Å². The third-order valence-corrected chi connectivity index (χ3v) is 5.31. The lowest BCUT2D eigenvalue weighted by Crippen LogP contribution is -2.30. The molecule has 3 aromatic rings. The van der Waals surface area contributed by atoms with Gasteiger partial charge in [0, 0.05) is 42.4 Å². The van der Waals surface area contributed by atoms with E-state index in [2.05, 4.69) is 10.1 Å². The minimum atomic E-state index is -0.580. The smallest absolute Gasteiger partial charge is 0.270 e. The fourth-order valence-electron chi connectivity index (χ4n) is 3.80. The molecule has 1 aliphatic rings. The summed E-state index contributed by atoms with van der Waals surface area (Å²) in [6.45, 7) is 4.58. The van der Waals surface area contributed by atoms with Gasteiger partial charge >= 0.3 is 0 Å². The van der Waals surface area contributed by atoms with Crippen molar-refractivity contribution in [2.24, 2.45) is 5.92 Å². The van der Waals surface area contributed by atoms with Crippen molar-refractivity contribution in [1.29, 1.82) is 0 Å². The maximum Gasteiger partial charge on any atom is 0.270 e. The number of carbonyl (C=O) groups excluding carboxylic acids is 1. The SMILES string of the molecule is COc1ccc2[nH]c(C(=O)N3C[C@@H](Cc4cc(C)no4)[C@H](O)C3)c(C)c2c1. The molecule has 7 nitrogen and oxygen atoms in total. The van der Waals surface area contributed by atoms with Gasteiger partial charge in [0.05, 0.1) is 18.9 Å². The molecular weight excluding hydrogens is 346 g/mol. The van der Waals surface area contributed by atoms with Crippen LogP contribution in [-0.4, -0.2) is 52.4 Å². The van der Waals surface area contributed by atoms with Crippen LogP contribution in [0.1, 0.15) is 27.5 Å². The summed E-state index contributed by atoms with van der Waals surface area (Å²) in [5.74, 6) is 1.33. The Morgan fingerprint density at radius 2 is 2.19 bits per heavy atom. The highest BCUT2D eigenvalue weighted by Gasteiger charge is 2.36. The normalized spacial score (nSPS) is 19.8. The molecule has 2 aromatic heterocycles. The maximum atomic E-state index is 13.1. The summed E-state index contributed by atoms with van der Waals surface area (Å²) < 4.78 is 10.5. The first-order valence-corrected chi connectivity index (χ1v) is 9.02. The van der Waals surface area contributed by atoms with E-state index in [0.29, 0.717) is 25.2 Å². The van der Waals surface area contributed by atoms with E-state index in [9.17, 15) is 9.90 Å². The van der Waals surface area contributed by atoms with Crippen LogP contribution in [0.5, 0.6) is 5.75 Å². The molecule has 1 aromatic carbocycles. The topological polar surface area (TPSA) is 91.6 Å². The average Bonchev–Trinajstić information content (AvgIpc) is 3.33. The van der Waals surface area contributed by atoms with Gasteiger partial charge in [-0.1, -0.05) is 5.16 Å². The molecule has 1 fully saturated rings. The van der Waals surface area contributed by atoms with Gasteiger partial charge in [0.2, 0.25) is 0 Å². The van der Waals surface area contributed by atoms with E-state index in [1.54, 1.807) is 12.0 Å². The van der Waals surface area contributed by atoms with Crippen LogP contribution in [0.4, 0.5) is 0 Å². The van der Waals surface area contributed by atoms with Crippen LogP contribution >= 0.6 is 0 Å². The molecule has 0 unspecified atom stereocenters. The van der Waals surface area contributed by atoms with Crippen molar-refractivity contribution in [2.75, 3.05) is 20.2 Å². The summed E-state index contributed by atoms with van der Waals surface area (Å²) in [7, 11) is 1.62. The lowest BCUT2D eigenvalue weighted by Gasteiger charge is -2.15. The van der Waals surface area contributed by atoms with E-state index in [0.717, 1.165) is 33.7 Å². The number of likely N-dealkylation sites (tertiary alicyclic amines) is 1. The van der Waals surface area contributed by atoms with Crippen LogP contribution in [0.3, 0.4) is 0 Å². The number of aryl methyl sites for hydroxylation is 2. The molecule has 2 N–H and O–H groups in total. The van der Waals surface area contributed by atoms with Gasteiger partial charge in [-0.15, -0.1) is 0 Å². The van der Waals surface area contributed by atoms with Gasteiger partial charge in [-0.2, -0.15) is 0 Å². The minimum absolute atomic E-state index is 0.0638. The van der Waals surface area contributed by atoms with Gasteiger partial charge < -0.3 is 24.3 Å². The first kappa shape index (κ1) is 17.6. The molecule has 7 heteroatoms. The highest BCUT2D eigenvalue weighted by atomic mass is 16.5. The number of benzene rings is 1. The van der Waals surface area contributed by atoms with Crippen LogP contribution in [0.25, 0.3) is 10.9 Å². The van der Waals surface area contributed by atoms with Crippen molar-refractivity contribution >= 4 is 16.8 Å². The maximum absolute atomic E-state index is 13.1. The number of β-amino-alcohol motifs (C(OH)–C–C–N with tert-alkyl or cyclic N) is 1. The number of aromatic amines is 1. The number of nitrogens with one attached hydrogen (secondary N) is 1. The molecule has 4 rings (SSSR count). The van der Waals surface area contributed by atoms with E-state index < -0.39 is 6.10 Å². The first-order chi connectivity index (χ1) is 13.0. The molecule has 3 heterocycles. The second-order valence-electron chi connectivity index (χ2n) is 7.21. The van der Waals surface area contributed by atoms with Crippen molar-refractivity contribution < 1.29 is 19.2 Å².